The van der Waals surface area contributed by atoms with E-state index in [0.29, 0.717) is 37.3 Å². The number of piperidine rings is 1. The molecular formula is C25H31N3O4. The van der Waals surface area contributed by atoms with Crippen LogP contribution in [0.2, 0.25) is 0 Å². The zero-order valence-corrected chi connectivity index (χ0v) is 18.9. The Morgan fingerprint density at radius 2 is 1.84 bits per heavy atom. The van der Waals surface area contributed by atoms with Gasteiger partial charge in [0.2, 0.25) is 5.91 Å². The smallest absolute Gasteiger partial charge is 0.255 e. The van der Waals surface area contributed by atoms with Gasteiger partial charge in [-0.1, -0.05) is 30.3 Å². The summed E-state index contributed by atoms with van der Waals surface area (Å²) in [6.07, 6.45) is -0.309. The van der Waals surface area contributed by atoms with Crippen molar-refractivity contribution in [2.45, 2.75) is 71.1 Å². The highest BCUT2D eigenvalue weighted by molar-refractivity contribution is 5.99. The largest absolute Gasteiger partial charge is 0.489 e. The average molecular weight is 438 g/mol. The molecule has 2 amide bonds. The van der Waals surface area contributed by atoms with Crippen molar-refractivity contribution >= 4 is 11.8 Å². The van der Waals surface area contributed by atoms with Gasteiger partial charge in [0.1, 0.15) is 18.6 Å². The minimum absolute atomic E-state index is 0.0695. The van der Waals surface area contributed by atoms with E-state index >= 15 is 0 Å². The highest BCUT2D eigenvalue weighted by Crippen LogP contribution is 2.34. The van der Waals surface area contributed by atoms with Crippen LogP contribution in [0, 0.1) is 0 Å². The molecule has 0 aliphatic carbocycles. The fraction of sp³-hybridized carbons (Fsp3) is 0.440. The second-order valence-corrected chi connectivity index (χ2v) is 9.54. The van der Waals surface area contributed by atoms with Gasteiger partial charge in [0.15, 0.2) is 0 Å². The average Bonchev–Trinajstić information content (AvgIpc) is 3.08. The van der Waals surface area contributed by atoms with Gasteiger partial charge in [0.25, 0.3) is 5.91 Å². The SMILES string of the molecule is CC(C)(C)NCc1ccc(COc2cccc3c2CN(C2CCC(=O)NC2O)C3=O)cc1. The minimum atomic E-state index is -1.05. The number of aliphatic hydroxyl groups excluding tert-OH is 1. The molecule has 32 heavy (non-hydrogen) atoms. The fourth-order valence-corrected chi connectivity index (χ4v) is 4.11. The molecule has 7 nitrogen and oxygen atoms in total. The van der Waals surface area contributed by atoms with E-state index in [0.717, 1.165) is 17.7 Å². The summed E-state index contributed by atoms with van der Waals surface area (Å²) in [5.41, 5.74) is 3.75. The van der Waals surface area contributed by atoms with E-state index in [-0.39, 0.29) is 17.4 Å². The normalized spacial score (nSPS) is 20.8. The minimum Gasteiger partial charge on any atom is -0.489 e. The number of hydrogen-bond acceptors (Lipinski definition) is 5. The summed E-state index contributed by atoms with van der Waals surface area (Å²) >= 11 is 0. The summed E-state index contributed by atoms with van der Waals surface area (Å²) in [7, 11) is 0. The monoisotopic (exact) mass is 437 g/mol. The molecule has 0 spiro atoms. The molecule has 2 aromatic rings. The van der Waals surface area contributed by atoms with Crippen LogP contribution in [-0.2, 0) is 24.5 Å². The molecule has 4 rings (SSSR count). The molecule has 0 bridgehead atoms. The second kappa shape index (κ2) is 8.92. The highest BCUT2D eigenvalue weighted by Gasteiger charge is 2.40. The van der Waals surface area contributed by atoms with Gasteiger partial charge < -0.3 is 25.4 Å². The first-order chi connectivity index (χ1) is 15.2. The Morgan fingerprint density at radius 1 is 1.12 bits per heavy atom. The van der Waals surface area contributed by atoms with Gasteiger partial charge in [-0.25, -0.2) is 0 Å². The molecule has 2 unspecified atom stereocenters. The van der Waals surface area contributed by atoms with Crippen molar-refractivity contribution < 1.29 is 19.4 Å². The first-order valence-corrected chi connectivity index (χ1v) is 11.1. The number of hydrogen-bond donors (Lipinski definition) is 3. The maximum atomic E-state index is 13.0. The van der Waals surface area contributed by atoms with Crippen molar-refractivity contribution in [1.82, 2.24) is 15.5 Å². The summed E-state index contributed by atoms with van der Waals surface area (Å²) in [4.78, 5) is 26.1. The molecule has 2 aromatic carbocycles. The van der Waals surface area contributed by atoms with Crippen LogP contribution >= 0.6 is 0 Å². The molecule has 7 heteroatoms. The van der Waals surface area contributed by atoms with Crippen LogP contribution < -0.4 is 15.4 Å². The van der Waals surface area contributed by atoms with Gasteiger partial charge in [0.05, 0.1) is 12.6 Å². The standard InChI is InChI=1S/C25H31N3O4/c1-25(2,3)26-13-16-7-9-17(10-8-16)15-32-21-6-4-5-18-19(21)14-28(24(18)31)20-11-12-22(29)27-23(20)30/h4-10,20,23,26,30H,11-15H2,1-3H3,(H,27,29). The maximum absolute atomic E-state index is 13.0. The van der Waals surface area contributed by atoms with Gasteiger partial charge in [-0.3, -0.25) is 9.59 Å². The Hall–Kier alpha value is -2.90. The van der Waals surface area contributed by atoms with Gasteiger partial charge in [-0.15, -0.1) is 0 Å². The summed E-state index contributed by atoms with van der Waals surface area (Å²) in [5, 5.41) is 16.3. The van der Waals surface area contributed by atoms with Crippen molar-refractivity contribution in [3.05, 3.63) is 64.7 Å². The van der Waals surface area contributed by atoms with Crippen LogP contribution in [0.5, 0.6) is 5.75 Å². The zero-order valence-electron chi connectivity index (χ0n) is 18.9. The number of amides is 2. The molecule has 170 valence electrons. The number of nitrogens with zero attached hydrogens (tertiary/aromatic N) is 1. The van der Waals surface area contributed by atoms with Crippen molar-refractivity contribution in [2.75, 3.05) is 0 Å². The number of carbonyl (C=O) groups is 2. The number of rotatable bonds is 6. The number of benzene rings is 2. The quantitative estimate of drug-likeness (QED) is 0.647. The van der Waals surface area contributed by atoms with E-state index in [1.54, 1.807) is 11.0 Å². The lowest BCUT2D eigenvalue weighted by Crippen LogP contribution is -2.55. The fourth-order valence-electron chi connectivity index (χ4n) is 4.11. The van der Waals surface area contributed by atoms with E-state index < -0.39 is 12.3 Å². The molecule has 0 saturated carbocycles. The van der Waals surface area contributed by atoms with Crippen molar-refractivity contribution in [3.8, 4) is 5.75 Å². The Balaban J connectivity index is 1.41. The van der Waals surface area contributed by atoms with E-state index in [1.807, 2.05) is 12.1 Å². The Labute approximate surface area is 188 Å². The summed E-state index contributed by atoms with van der Waals surface area (Å²) in [6, 6.07) is 13.3. The van der Waals surface area contributed by atoms with Crippen LogP contribution in [0.3, 0.4) is 0 Å². The van der Waals surface area contributed by atoms with Crippen molar-refractivity contribution in [2.24, 2.45) is 0 Å². The maximum Gasteiger partial charge on any atom is 0.255 e. The predicted octanol–water partition coefficient (Wildman–Crippen LogP) is 2.71. The molecule has 0 aromatic heterocycles. The number of aliphatic hydroxyl groups is 1. The van der Waals surface area contributed by atoms with Gasteiger partial charge in [-0.2, -0.15) is 0 Å². The first-order valence-electron chi connectivity index (χ1n) is 11.1. The van der Waals surface area contributed by atoms with E-state index in [9.17, 15) is 14.7 Å². The summed E-state index contributed by atoms with van der Waals surface area (Å²) in [6.45, 7) is 8.00. The van der Waals surface area contributed by atoms with E-state index in [2.05, 4.69) is 55.7 Å². The van der Waals surface area contributed by atoms with Crippen molar-refractivity contribution in [3.63, 3.8) is 0 Å². The molecule has 3 N–H and O–H groups in total. The second-order valence-electron chi connectivity index (χ2n) is 9.54. The van der Waals surface area contributed by atoms with Crippen LogP contribution in [0.15, 0.2) is 42.5 Å². The molecular weight excluding hydrogens is 406 g/mol. The summed E-state index contributed by atoms with van der Waals surface area (Å²) < 4.78 is 6.09. The number of ether oxygens (including phenoxy) is 1. The molecule has 2 aliphatic heterocycles. The molecule has 1 saturated heterocycles. The Bertz CT molecular complexity index is 997. The third kappa shape index (κ3) is 4.95. The molecule has 0 radical (unpaired) electrons. The third-order valence-corrected chi connectivity index (χ3v) is 5.93. The summed E-state index contributed by atoms with van der Waals surface area (Å²) in [5.74, 6) is 0.342. The lowest BCUT2D eigenvalue weighted by atomic mass is 10.0. The molecule has 2 atom stereocenters. The Kier molecular flexibility index (Phi) is 6.22. The van der Waals surface area contributed by atoms with Crippen molar-refractivity contribution in [1.29, 1.82) is 0 Å². The van der Waals surface area contributed by atoms with E-state index in [1.165, 1.54) is 5.56 Å². The molecule has 2 heterocycles. The Morgan fingerprint density at radius 3 is 2.53 bits per heavy atom. The van der Waals surface area contributed by atoms with Crippen LogP contribution in [-0.4, -0.2) is 39.6 Å². The molecule has 2 aliphatic rings. The number of carbonyl (C=O) groups excluding carboxylic acids is 2. The third-order valence-electron chi connectivity index (χ3n) is 5.93. The van der Waals surface area contributed by atoms with Gasteiger partial charge in [0, 0.05) is 29.6 Å². The lowest BCUT2D eigenvalue weighted by Gasteiger charge is -2.35. The number of nitrogens with one attached hydrogen (secondary N) is 2. The van der Waals surface area contributed by atoms with Crippen LogP contribution in [0.1, 0.15) is 60.7 Å². The van der Waals surface area contributed by atoms with E-state index in [4.69, 9.17) is 4.74 Å². The van der Waals surface area contributed by atoms with Gasteiger partial charge >= 0.3 is 0 Å². The lowest BCUT2D eigenvalue weighted by molar-refractivity contribution is -0.129. The first kappa shape index (κ1) is 22.3. The highest BCUT2D eigenvalue weighted by atomic mass is 16.5. The topological polar surface area (TPSA) is 90.9 Å². The van der Waals surface area contributed by atoms with Crippen LogP contribution in [0.25, 0.3) is 0 Å². The predicted molar refractivity (Wildman–Crippen MR) is 121 cm³/mol. The van der Waals surface area contributed by atoms with Crippen LogP contribution in [0.4, 0.5) is 0 Å². The zero-order chi connectivity index (χ0) is 22.9. The number of fused-ring (bicyclic) bond motifs is 1. The van der Waals surface area contributed by atoms with Gasteiger partial charge in [-0.05, 0) is 50.5 Å². The molecule has 1 fully saturated rings.